The maximum atomic E-state index is 12.7. The summed E-state index contributed by atoms with van der Waals surface area (Å²) >= 11 is 6.24. The number of benzene rings is 3. The lowest BCUT2D eigenvalue weighted by molar-refractivity contribution is -0.126. The zero-order valence-corrected chi connectivity index (χ0v) is 21.9. The van der Waals surface area contributed by atoms with Gasteiger partial charge in [0.25, 0.3) is 5.91 Å². The Balaban J connectivity index is 1.33. The Morgan fingerprint density at radius 3 is 2.35 bits per heavy atom. The van der Waals surface area contributed by atoms with E-state index in [0.29, 0.717) is 48.6 Å². The van der Waals surface area contributed by atoms with Gasteiger partial charge in [-0.15, -0.1) is 0 Å². The minimum atomic E-state index is -0.267. The number of ether oxygens (including phenoxy) is 1. The van der Waals surface area contributed by atoms with Crippen molar-refractivity contribution in [2.24, 2.45) is 0 Å². The van der Waals surface area contributed by atoms with Crippen LogP contribution in [-0.4, -0.2) is 49.5 Å². The highest BCUT2D eigenvalue weighted by Crippen LogP contribution is 2.30. The highest BCUT2D eigenvalue weighted by atomic mass is 35.5. The van der Waals surface area contributed by atoms with E-state index in [1.807, 2.05) is 71.6 Å². The third kappa shape index (κ3) is 7.37. The van der Waals surface area contributed by atoms with E-state index in [0.717, 1.165) is 11.3 Å². The monoisotopic (exact) mass is 517 g/mol. The quantitative estimate of drug-likeness (QED) is 0.381. The topological polar surface area (TPSA) is 61.9 Å². The highest BCUT2D eigenvalue weighted by Gasteiger charge is 2.22. The molecule has 3 aromatic carbocycles. The smallest absolute Gasteiger partial charge is 0.262 e. The van der Waals surface area contributed by atoms with Crippen molar-refractivity contribution in [3.8, 4) is 5.75 Å². The van der Waals surface area contributed by atoms with Crippen LogP contribution in [0.4, 0.5) is 11.4 Å². The summed E-state index contributed by atoms with van der Waals surface area (Å²) in [7, 11) is 0. The number of rotatable bonds is 8. The summed E-state index contributed by atoms with van der Waals surface area (Å²) < 4.78 is 5.68. The first kappa shape index (κ1) is 26.3. The number of nitrogens with zero attached hydrogens (tertiary/aromatic N) is 2. The first-order valence-electron chi connectivity index (χ1n) is 12.5. The van der Waals surface area contributed by atoms with Gasteiger partial charge in [0, 0.05) is 37.3 Å². The van der Waals surface area contributed by atoms with Gasteiger partial charge in [-0.2, -0.15) is 0 Å². The lowest BCUT2D eigenvalue weighted by atomic mass is 10.0. The maximum Gasteiger partial charge on any atom is 0.262 e. The number of nitrogens with one attached hydrogen (secondary N) is 1. The minimum Gasteiger partial charge on any atom is -0.484 e. The van der Waals surface area contributed by atoms with Crippen LogP contribution in [0.5, 0.6) is 5.75 Å². The number of hydrogen-bond donors (Lipinski definition) is 1. The molecule has 0 saturated carbocycles. The third-order valence-electron chi connectivity index (χ3n) is 6.30. The average Bonchev–Trinajstić information content (AvgIpc) is 2.91. The molecule has 1 saturated heterocycles. The predicted octanol–water partition coefficient (Wildman–Crippen LogP) is 5.84. The summed E-state index contributed by atoms with van der Waals surface area (Å²) in [5.41, 5.74) is 3.70. The molecule has 4 rings (SSSR count). The minimum absolute atomic E-state index is 0.00767. The first-order chi connectivity index (χ1) is 17.9. The number of carbonyl (C=O) groups is 2. The van der Waals surface area contributed by atoms with E-state index in [-0.39, 0.29) is 18.4 Å². The normalized spacial score (nSPS) is 13.7. The molecule has 0 atom stereocenters. The number of hydrogen-bond acceptors (Lipinski definition) is 4. The molecule has 0 unspecified atom stereocenters. The van der Waals surface area contributed by atoms with Crippen LogP contribution in [0.2, 0.25) is 5.02 Å². The number of amides is 2. The summed E-state index contributed by atoms with van der Waals surface area (Å²) in [5, 5.41) is 3.47. The van der Waals surface area contributed by atoms with Crippen LogP contribution in [0, 0.1) is 0 Å². The summed E-state index contributed by atoms with van der Waals surface area (Å²) in [4.78, 5) is 29.3. The van der Waals surface area contributed by atoms with Crippen molar-refractivity contribution in [1.82, 2.24) is 4.90 Å². The number of piperazine rings is 1. The Morgan fingerprint density at radius 1 is 0.973 bits per heavy atom. The molecule has 1 heterocycles. The summed E-state index contributed by atoms with van der Waals surface area (Å²) in [5.74, 6) is 0.806. The van der Waals surface area contributed by atoms with Crippen LogP contribution in [0.25, 0.3) is 6.08 Å². The van der Waals surface area contributed by atoms with E-state index in [2.05, 4.69) is 24.1 Å². The Kier molecular flexibility index (Phi) is 8.86. The zero-order chi connectivity index (χ0) is 26.2. The van der Waals surface area contributed by atoms with E-state index >= 15 is 0 Å². The fraction of sp³-hybridized carbons (Fsp3) is 0.267. The summed E-state index contributed by atoms with van der Waals surface area (Å²) in [6.45, 7) is 6.62. The highest BCUT2D eigenvalue weighted by molar-refractivity contribution is 6.31. The van der Waals surface area contributed by atoms with Crippen LogP contribution in [-0.2, 0) is 9.59 Å². The van der Waals surface area contributed by atoms with Crippen molar-refractivity contribution < 1.29 is 14.3 Å². The van der Waals surface area contributed by atoms with Gasteiger partial charge in [0.1, 0.15) is 5.75 Å². The first-order valence-corrected chi connectivity index (χ1v) is 12.9. The van der Waals surface area contributed by atoms with Crippen LogP contribution in [0.15, 0.2) is 78.9 Å². The fourth-order valence-electron chi connectivity index (χ4n) is 4.17. The van der Waals surface area contributed by atoms with Crippen molar-refractivity contribution in [3.05, 3.63) is 95.0 Å². The Morgan fingerprint density at radius 2 is 1.68 bits per heavy atom. The second-order valence-electron chi connectivity index (χ2n) is 9.28. The molecule has 0 bridgehead atoms. The van der Waals surface area contributed by atoms with Crippen molar-refractivity contribution in [2.45, 2.75) is 19.8 Å². The van der Waals surface area contributed by atoms with E-state index < -0.39 is 0 Å². The summed E-state index contributed by atoms with van der Waals surface area (Å²) in [6.07, 6.45) is 3.46. The van der Waals surface area contributed by atoms with Gasteiger partial charge >= 0.3 is 0 Å². The standard InChI is InChI=1S/C30H32ClN3O3/c1-22(2)24-9-12-26(13-10-24)37-21-29(35)32-27-20-25(31)11-14-28(27)33-16-18-34(19-17-33)30(36)15-8-23-6-4-3-5-7-23/h3-15,20,22H,16-19,21H2,1-2H3,(H,32,35)/b15-8+. The molecule has 1 fully saturated rings. The SMILES string of the molecule is CC(C)c1ccc(OCC(=O)Nc2cc(Cl)ccc2N2CCN(C(=O)/C=C/c3ccccc3)CC2)cc1. The second kappa shape index (κ2) is 12.5. The predicted molar refractivity (Wildman–Crippen MR) is 150 cm³/mol. The molecule has 6 nitrogen and oxygen atoms in total. The number of halogens is 1. The van der Waals surface area contributed by atoms with Gasteiger partial charge in [-0.05, 0) is 53.5 Å². The van der Waals surface area contributed by atoms with E-state index in [1.54, 1.807) is 18.2 Å². The van der Waals surface area contributed by atoms with Gasteiger partial charge in [-0.3, -0.25) is 9.59 Å². The summed E-state index contributed by atoms with van der Waals surface area (Å²) in [6, 6.07) is 23.0. The van der Waals surface area contributed by atoms with Crippen molar-refractivity contribution >= 4 is 40.9 Å². The van der Waals surface area contributed by atoms with Gasteiger partial charge in [-0.25, -0.2) is 0 Å². The van der Waals surface area contributed by atoms with E-state index in [4.69, 9.17) is 16.3 Å². The molecule has 1 N–H and O–H groups in total. The molecular weight excluding hydrogens is 486 g/mol. The van der Waals surface area contributed by atoms with Crippen molar-refractivity contribution in [1.29, 1.82) is 0 Å². The Labute approximate surface area is 223 Å². The Hall–Kier alpha value is -3.77. The van der Waals surface area contributed by atoms with Crippen LogP contribution in [0.1, 0.15) is 30.9 Å². The van der Waals surface area contributed by atoms with Gasteiger partial charge in [0.2, 0.25) is 5.91 Å². The molecule has 1 aliphatic heterocycles. The van der Waals surface area contributed by atoms with Gasteiger partial charge in [-0.1, -0.05) is 67.9 Å². The van der Waals surface area contributed by atoms with Gasteiger partial charge in [0.15, 0.2) is 6.61 Å². The fourth-order valence-corrected chi connectivity index (χ4v) is 4.35. The van der Waals surface area contributed by atoms with Gasteiger partial charge in [0.05, 0.1) is 11.4 Å². The average molecular weight is 518 g/mol. The molecule has 1 aliphatic rings. The lowest BCUT2D eigenvalue weighted by Gasteiger charge is -2.36. The van der Waals surface area contributed by atoms with E-state index in [1.165, 1.54) is 5.56 Å². The molecule has 7 heteroatoms. The molecule has 0 aromatic heterocycles. The number of carbonyl (C=O) groups excluding carboxylic acids is 2. The van der Waals surface area contributed by atoms with Crippen molar-refractivity contribution in [2.75, 3.05) is 43.0 Å². The van der Waals surface area contributed by atoms with E-state index in [9.17, 15) is 9.59 Å². The second-order valence-corrected chi connectivity index (χ2v) is 9.71. The zero-order valence-electron chi connectivity index (χ0n) is 21.2. The molecule has 3 aromatic rings. The largest absolute Gasteiger partial charge is 0.484 e. The third-order valence-corrected chi connectivity index (χ3v) is 6.53. The van der Waals surface area contributed by atoms with Crippen LogP contribution < -0.4 is 15.0 Å². The van der Waals surface area contributed by atoms with Crippen molar-refractivity contribution in [3.63, 3.8) is 0 Å². The molecule has 2 amide bonds. The van der Waals surface area contributed by atoms with Crippen LogP contribution in [0.3, 0.4) is 0 Å². The van der Waals surface area contributed by atoms with Crippen LogP contribution >= 0.6 is 11.6 Å². The molecule has 37 heavy (non-hydrogen) atoms. The molecule has 192 valence electrons. The lowest BCUT2D eigenvalue weighted by Crippen LogP contribution is -2.48. The molecule has 0 radical (unpaired) electrons. The Bertz CT molecular complexity index is 1230. The molecule has 0 spiro atoms. The molecule has 0 aliphatic carbocycles. The maximum absolute atomic E-state index is 12.7. The number of anilines is 2. The molecular formula is C30H32ClN3O3. The van der Waals surface area contributed by atoms with Gasteiger partial charge < -0.3 is 19.9 Å².